The number of carbonyl (C=O) groups is 2. The summed E-state index contributed by atoms with van der Waals surface area (Å²) in [5.41, 5.74) is 0.312. The number of amides is 2. The van der Waals surface area contributed by atoms with E-state index in [1.54, 1.807) is 11.4 Å². The minimum Gasteiger partial charge on any atom is -0.354 e. The molecule has 0 aliphatic carbocycles. The molecule has 0 radical (unpaired) electrons. The Balaban J connectivity index is 1.89. The van der Waals surface area contributed by atoms with E-state index in [9.17, 15) is 14.4 Å². The van der Waals surface area contributed by atoms with E-state index in [4.69, 9.17) is 0 Å². The molecule has 2 rings (SSSR count). The maximum atomic E-state index is 12.0. The van der Waals surface area contributed by atoms with Crippen LogP contribution in [0.1, 0.15) is 42.7 Å². The fourth-order valence-corrected chi connectivity index (χ4v) is 2.67. The third kappa shape index (κ3) is 5.02. The molecule has 0 bridgehead atoms. The van der Waals surface area contributed by atoms with Gasteiger partial charge in [0.05, 0.1) is 5.69 Å². The van der Waals surface area contributed by atoms with Crippen molar-refractivity contribution in [3.8, 4) is 0 Å². The summed E-state index contributed by atoms with van der Waals surface area (Å²) in [6.07, 6.45) is 3.20. The SMILES string of the molecule is CC[C@H](C)NC(=O)CCc1csc(NC(=O)c2ccc[nH]c2=O)n1. The Hall–Kier alpha value is -2.48. The second-order valence-electron chi connectivity index (χ2n) is 5.39. The average molecular weight is 348 g/mol. The molecule has 2 aromatic rings. The number of rotatable bonds is 7. The summed E-state index contributed by atoms with van der Waals surface area (Å²) in [5, 5.41) is 7.69. The molecule has 0 aliphatic rings. The van der Waals surface area contributed by atoms with E-state index in [0.717, 1.165) is 12.1 Å². The monoisotopic (exact) mass is 348 g/mol. The number of thiazole rings is 1. The fraction of sp³-hybridized carbons (Fsp3) is 0.375. The van der Waals surface area contributed by atoms with Crippen LogP contribution in [-0.4, -0.2) is 27.8 Å². The second-order valence-corrected chi connectivity index (χ2v) is 6.25. The van der Waals surface area contributed by atoms with Crippen LogP contribution in [-0.2, 0) is 11.2 Å². The highest BCUT2D eigenvalue weighted by Gasteiger charge is 2.13. The minimum atomic E-state index is -0.507. The zero-order chi connectivity index (χ0) is 17.5. The molecular formula is C16H20N4O3S. The van der Waals surface area contributed by atoms with Crippen molar-refractivity contribution in [2.75, 3.05) is 5.32 Å². The molecule has 0 unspecified atom stereocenters. The molecule has 3 N–H and O–H groups in total. The van der Waals surface area contributed by atoms with Crippen molar-refractivity contribution in [3.05, 3.63) is 45.3 Å². The van der Waals surface area contributed by atoms with Gasteiger partial charge in [-0.1, -0.05) is 6.92 Å². The Labute approximate surface area is 143 Å². The molecule has 0 spiro atoms. The highest BCUT2D eigenvalue weighted by Crippen LogP contribution is 2.17. The molecule has 24 heavy (non-hydrogen) atoms. The first-order valence-corrected chi connectivity index (χ1v) is 8.60. The summed E-state index contributed by atoms with van der Waals surface area (Å²) < 4.78 is 0. The van der Waals surface area contributed by atoms with Gasteiger partial charge >= 0.3 is 0 Å². The summed E-state index contributed by atoms with van der Waals surface area (Å²) in [7, 11) is 0. The smallest absolute Gasteiger partial charge is 0.263 e. The lowest BCUT2D eigenvalue weighted by Gasteiger charge is -2.10. The lowest BCUT2D eigenvalue weighted by atomic mass is 10.2. The van der Waals surface area contributed by atoms with Gasteiger partial charge < -0.3 is 10.3 Å². The number of nitrogens with one attached hydrogen (secondary N) is 3. The van der Waals surface area contributed by atoms with Crippen LogP contribution < -0.4 is 16.2 Å². The highest BCUT2D eigenvalue weighted by atomic mass is 32.1. The Morgan fingerprint density at radius 3 is 2.92 bits per heavy atom. The molecule has 2 amide bonds. The molecule has 128 valence electrons. The van der Waals surface area contributed by atoms with Crippen molar-refractivity contribution in [2.45, 2.75) is 39.2 Å². The van der Waals surface area contributed by atoms with Crippen LogP contribution in [0.2, 0.25) is 0 Å². The van der Waals surface area contributed by atoms with E-state index in [1.165, 1.54) is 23.6 Å². The van der Waals surface area contributed by atoms with E-state index >= 15 is 0 Å². The molecule has 8 heteroatoms. The summed E-state index contributed by atoms with van der Waals surface area (Å²) >= 11 is 1.26. The first-order valence-electron chi connectivity index (χ1n) is 7.72. The number of anilines is 1. The maximum Gasteiger partial charge on any atom is 0.263 e. The highest BCUT2D eigenvalue weighted by molar-refractivity contribution is 7.14. The van der Waals surface area contributed by atoms with Crippen molar-refractivity contribution in [1.29, 1.82) is 0 Å². The molecular weight excluding hydrogens is 328 g/mol. The van der Waals surface area contributed by atoms with Crippen LogP contribution in [0.15, 0.2) is 28.5 Å². The molecule has 0 saturated heterocycles. The maximum absolute atomic E-state index is 12.0. The van der Waals surface area contributed by atoms with Crippen LogP contribution >= 0.6 is 11.3 Å². The van der Waals surface area contributed by atoms with Crippen molar-refractivity contribution in [2.24, 2.45) is 0 Å². The Morgan fingerprint density at radius 1 is 1.42 bits per heavy atom. The van der Waals surface area contributed by atoms with Crippen molar-refractivity contribution in [3.63, 3.8) is 0 Å². The molecule has 2 heterocycles. The minimum absolute atomic E-state index is 0.0150. The lowest BCUT2D eigenvalue weighted by Crippen LogP contribution is -2.32. The van der Waals surface area contributed by atoms with Crippen molar-refractivity contribution < 1.29 is 9.59 Å². The van der Waals surface area contributed by atoms with Gasteiger partial charge in [0.15, 0.2) is 5.13 Å². The zero-order valence-corrected chi connectivity index (χ0v) is 14.4. The molecule has 0 fully saturated rings. The largest absolute Gasteiger partial charge is 0.354 e. The first-order chi connectivity index (χ1) is 11.5. The van der Waals surface area contributed by atoms with Gasteiger partial charge in [-0.25, -0.2) is 4.98 Å². The molecule has 2 aromatic heterocycles. The van der Waals surface area contributed by atoms with Gasteiger partial charge in [0.2, 0.25) is 5.91 Å². The number of H-pyrrole nitrogens is 1. The van der Waals surface area contributed by atoms with Crippen LogP contribution in [0.4, 0.5) is 5.13 Å². The summed E-state index contributed by atoms with van der Waals surface area (Å²) in [6.45, 7) is 3.97. The van der Waals surface area contributed by atoms with Gasteiger partial charge in [-0.2, -0.15) is 0 Å². The fourth-order valence-electron chi connectivity index (χ4n) is 1.93. The number of nitrogens with zero attached hydrogens (tertiary/aromatic N) is 1. The van der Waals surface area contributed by atoms with E-state index in [2.05, 4.69) is 20.6 Å². The standard InChI is InChI=1S/C16H20N4O3S/c1-3-10(2)18-13(21)7-6-11-9-24-16(19-11)20-15(23)12-5-4-8-17-14(12)22/h4-5,8-10H,3,6-7H2,1-2H3,(H,17,22)(H,18,21)(H,19,20,23)/t10-/m0/s1. The third-order valence-electron chi connectivity index (χ3n) is 3.46. The molecule has 0 saturated carbocycles. The second kappa shape index (κ2) is 8.39. The van der Waals surface area contributed by atoms with Gasteiger partial charge in [-0.3, -0.25) is 19.7 Å². The van der Waals surface area contributed by atoms with Crippen molar-refractivity contribution in [1.82, 2.24) is 15.3 Å². The zero-order valence-electron chi connectivity index (χ0n) is 13.6. The van der Waals surface area contributed by atoms with Gasteiger partial charge in [0.25, 0.3) is 11.5 Å². The molecule has 1 atom stereocenters. The summed E-state index contributed by atoms with van der Waals surface area (Å²) in [4.78, 5) is 42.1. The Bertz CT molecular complexity index is 768. The molecule has 0 aliphatic heterocycles. The summed E-state index contributed by atoms with van der Waals surface area (Å²) in [5.74, 6) is -0.522. The van der Waals surface area contributed by atoms with Crippen LogP contribution in [0.5, 0.6) is 0 Å². The normalized spacial score (nSPS) is 11.8. The first kappa shape index (κ1) is 17.9. The van der Waals surface area contributed by atoms with Crippen molar-refractivity contribution >= 4 is 28.3 Å². The van der Waals surface area contributed by atoms with Crippen LogP contribution in [0, 0.1) is 0 Å². The predicted molar refractivity (Wildman–Crippen MR) is 93.3 cm³/mol. The quantitative estimate of drug-likeness (QED) is 0.711. The molecule has 7 nitrogen and oxygen atoms in total. The van der Waals surface area contributed by atoms with Crippen LogP contribution in [0.3, 0.4) is 0 Å². The number of aromatic amines is 1. The number of carbonyl (C=O) groups excluding carboxylic acids is 2. The van der Waals surface area contributed by atoms with Crippen LogP contribution in [0.25, 0.3) is 0 Å². The number of aryl methyl sites for hydroxylation is 1. The molecule has 0 aromatic carbocycles. The number of hydrogen-bond acceptors (Lipinski definition) is 5. The van der Waals surface area contributed by atoms with Gasteiger partial charge in [-0.05, 0) is 31.9 Å². The van der Waals surface area contributed by atoms with E-state index in [1.807, 2.05) is 13.8 Å². The summed E-state index contributed by atoms with van der Waals surface area (Å²) in [6, 6.07) is 3.19. The number of aromatic nitrogens is 2. The predicted octanol–water partition coefficient (Wildman–Crippen LogP) is 1.93. The van der Waals surface area contributed by atoms with Gasteiger partial charge in [-0.15, -0.1) is 11.3 Å². The third-order valence-corrected chi connectivity index (χ3v) is 4.27. The van der Waals surface area contributed by atoms with E-state index in [-0.39, 0.29) is 17.5 Å². The van der Waals surface area contributed by atoms with Gasteiger partial charge in [0, 0.05) is 24.0 Å². The van der Waals surface area contributed by atoms with Gasteiger partial charge in [0.1, 0.15) is 5.56 Å². The Morgan fingerprint density at radius 2 is 2.21 bits per heavy atom. The number of pyridine rings is 1. The lowest BCUT2D eigenvalue weighted by molar-refractivity contribution is -0.121. The van der Waals surface area contributed by atoms with E-state index < -0.39 is 11.5 Å². The Kier molecular flexibility index (Phi) is 6.25. The number of hydrogen-bond donors (Lipinski definition) is 3. The topological polar surface area (TPSA) is 104 Å². The van der Waals surface area contributed by atoms with E-state index in [0.29, 0.717) is 18.0 Å². The average Bonchev–Trinajstić information content (AvgIpc) is 3.00.